The molecule has 0 spiro atoms. The van der Waals surface area contributed by atoms with E-state index in [4.69, 9.17) is 9.47 Å². The molecule has 0 saturated carbocycles. The molecule has 29 heavy (non-hydrogen) atoms. The van der Waals surface area contributed by atoms with E-state index < -0.39 is 0 Å². The molecule has 0 aliphatic carbocycles. The smallest absolute Gasteiger partial charge is 0.230 e. The fraction of sp³-hybridized carbons (Fsp3) is 0.227. The van der Waals surface area contributed by atoms with Gasteiger partial charge in [0.25, 0.3) is 0 Å². The quantitative estimate of drug-likeness (QED) is 0.544. The van der Waals surface area contributed by atoms with Gasteiger partial charge in [-0.15, -0.1) is 10.2 Å². The third-order valence-electron chi connectivity index (χ3n) is 4.24. The van der Waals surface area contributed by atoms with Gasteiger partial charge in [-0.2, -0.15) is 0 Å². The van der Waals surface area contributed by atoms with Crippen LogP contribution in [0, 0.1) is 0 Å². The van der Waals surface area contributed by atoms with Crippen molar-refractivity contribution in [3.05, 3.63) is 66.2 Å². The van der Waals surface area contributed by atoms with Crippen LogP contribution in [0.4, 0.5) is 0 Å². The first-order valence-electron chi connectivity index (χ1n) is 9.19. The molecular weight excluding hydrogens is 386 g/mol. The van der Waals surface area contributed by atoms with E-state index in [1.807, 2.05) is 60.7 Å². The van der Waals surface area contributed by atoms with Gasteiger partial charge in [0.15, 0.2) is 11.5 Å². The summed E-state index contributed by atoms with van der Waals surface area (Å²) in [5.41, 5.74) is 2.90. The number of rotatable bonds is 9. The van der Waals surface area contributed by atoms with E-state index in [1.54, 1.807) is 14.2 Å². The summed E-state index contributed by atoms with van der Waals surface area (Å²) in [5.74, 6) is 1.63. The molecule has 0 bridgehead atoms. The fourth-order valence-corrected chi connectivity index (χ4v) is 3.38. The standard InChI is InChI=1S/C22H23N3O3S/c1-27-19-10-8-16(14-20(19)28-2)12-13-23-21(26)15-29-22-11-9-18(24-25-22)17-6-4-3-5-7-17/h3-11,14H,12-13,15H2,1-2H3,(H,23,26). The minimum absolute atomic E-state index is 0.0376. The average Bonchev–Trinajstić information content (AvgIpc) is 2.78. The number of hydrogen-bond acceptors (Lipinski definition) is 6. The highest BCUT2D eigenvalue weighted by molar-refractivity contribution is 7.99. The van der Waals surface area contributed by atoms with Crippen molar-refractivity contribution >= 4 is 17.7 Å². The number of ether oxygens (including phenoxy) is 2. The van der Waals surface area contributed by atoms with Crippen molar-refractivity contribution in [2.45, 2.75) is 11.4 Å². The molecule has 0 radical (unpaired) electrons. The van der Waals surface area contributed by atoms with Crippen LogP contribution in [0.15, 0.2) is 65.7 Å². The molecule has 1 aromatic heterocycles. The van der Waals surface area contributed by atoms with E-state index in [2.05, 4.69) is 15.5 Å². The summed E-state index contributed by atoms with van der Waals surface area (Å²) in [6, 6.07) is 19.4. The van der Waals surface area contributed by atoms with Crippen molar-refractivity contribution in [3.63, 3.8) is 0 Å². The summed E-state index contributed by atoms with van der Waals surface area (Å²) in [7, 11) is 3.21. The number of nitrogens with one attached hydrogen (secondary N) is 1. The van der Waals surface area contributed by atoms with Gasteiger partial charge in [0.05, 0.1) is 25.7 Å². The molecule has 0 aliphatic heterocycles. The summed E-state index contributed by atoms with van der Waals surface area (Å²) in [5, 5.41) is 12.1. The topological polar surface area (TPSA) is 73.3 Å². The van der Waals surface area contributed by atoms with E-state index >= 15 is 0 Å². The van der Waals surface area contributed by atoms with Gasteiger partial charge in [-0.25, -0.2) is 0 Å². The maximum absolute atomic E-state index is 12.1. The Kier molecular flexibility index (Phi) is 7.47. The molecule has 1 N–H and O–H groups in total. The van der Waals surface area contributed by atoms with Crippen LogP contribution in [0.5, 0.6) is 11.5 Å². The summed E-state index contributed by atoms with van der Waals surface area (Å²) in [4.78, 5) is 12.1. The Balaban J connectivity index is 1.43. The molecule has 0 fully saturated rings. The third kappa shape index (κ3) is 5.96. The van der Waals surface area contributed by atoms with E-state index in [1.165, 1.54) is 11.8 Å². The average molecular weight is 410 g/mol. The lowest BCUT2D eigenvalue weighted by atomic mass is 10.1. The zero-order valence-electron chi connectivity index (χ0n) is 16.4. The summed E-state index contributed by atoms with van der Waals surface area (Å²) >= 11 is 1.37. The van der Waals surface area contributed by atoms with Crippen LogP contribution in [0.3, 0.4) is 0 Å². The Bertz CT molecular complexity index is 934. The Labute approximate surface area is 174 Å². The van der Waals surface area contributed by atoms with E-state index in [0.29, 0.717) is 30.2 Å². The molecule has 3 rings (SSSR count). The van der Waals surface area contributed by atoms with Crippen LogP contribution in [-0.4, -0.2) is 42.6 Å². The van der Waals surface area contributed by atoms with Gasteiger partial charge in [0.1, 0.15) is 5.03 Å². The second-order valence-corrected chi connectivity index (χ2v) is 7.20. The molecule has 150 valence electrons. The normalized spacial score (nSPS) is 10.4. The number of amides is 1. The van der Waals surface area contributed by atoms with Gasteiger partial charge < -0.3 is 14.8 Å². The summed E-state index contributed by atoms with van der Waals surface area (Å²) < 4.78 is 10.5. The SMILES string of the molecule is COc1ccc(CCNC(=O)CSc2ccc(-c3ccccc3)nn2)cc1OC. The van der Waals surface area contributed by atoms with Crippen LogP contribution in [0.25, 0.3) is 11.3 Å². The lowest BCUT2D eigenvalue weighted by molar-refractivity contribution is -0.118. The van der Waals surface area contributed by atoms with Crippen molar-refractivity contribution in [3.8, 4) is 22.8 Å². The van der Waals surface area contributed by atoms with Crippen LogP contribution in [-0.2, 0) is 11.2 Å². The largest absolute Gasteiger partial charge is 0.493 e. The molecule has 3 aromatic rings. The molecular formula is C22H23N3O3S. The Morgan fingerprint density at radius 2 is 1.76 bits per heavy atom. The third-order valence-corrected chi connectivity index (χ3v) is 5.16. The molecule has 6 nitrogen and oxygen atoms in total. The van der Waals surface area contributed by atoms with Crippen molar-refractivity contribution < 1.29 is 14.3 Å². The first-order valence-corrected chi connectivity index (χ1v) is 10.2. The van der Waals surface area contributed by atoms with Crippen molar-refractivity contribution in [1.82, 2.24) is 15.5 Å². The minimum Gasteiger partial charge on any atom is -0.493 e. The number of carbonyl (C=O) groups excluding carboxylic acids is 1. The number of methoxy groups -OCH3 is 2. The number of hydrogen-bond donors (Lipinski definition) is 1. The number of nitrogens with zero attached hydrogens (tertiary/aromatic N) is 2. The van der Waals surface area contributed by atoms with Crippen LogP contribution < -0.4 is 14.8 Å². The van der Waals surface area contributed by atoms with Gasteiger partial charge in [-0.05, 0) is 36.2 Å². The highest BCUT2D eigenvalue weighted by Gasteiger charge is 2.07. The van der Waals surface area contributed by atoms with Crippen molar-refractivity contribution in [2.75, 3.05) is 26.5 Å². The predicted molar refractivity (Wildman–Crippen MR) is 114 cm³/mol. The maximum Gasteiger partial charge on any atom is 0.230 e. The van der Waals surface area contributed by atoms with Gasteiger partial charge in [-0.3, -0.25) is 4.79 Å². The first-order chi connectivity index (χ1) is 14.2. The highest BCUT2D eigenvalue weighted by Crippen LogP contribution is 2.27. The predicted octanol–water partition coefficient (Wildman–Crippen LogP) is 3.61. The minimum atomic E-state index is -0.0376. The number of carbonyl (C=O) groups is 1. The molecule has 0 aliphatic rings. The van der Waals surface area contributed by atoms with Gasteiger partial charge in [-0.1, -0.05) is 48.2 Å². The van der Waals surface area contributed by atoms with Gasteiger partial charge in [0.2, 0.25) is 5.91 Å². The second-order valence-electron chi connectivity index (χ2n) is 6.20. The molecule has 0 atom stereocenters. The van der Waals surface area contributed by atoms with Crippen LogP contribution in [0.1, 0.15) is 5.56 Å². The Morgan fingerprint density at radius 3 is 2.45 bits per heavy atom. The number of benzene rings is 2. The summed E-state index contributed by atoms with van der Waals surface area (Å²) in [6.07, 6.45) is 0.711. The molecule has 1 heterocycles. The zero-order valence-corrected chi connectivity index (χ0v) is 17.2. The van der Waals surface area contributed by atoms with Crippen molar-refractivity contribution in [1.29, 1.82) is 0 Å². The van der Waals surface area contributed by atoms with Crippen LogP contribution in [0.2, 0.25) is 0 Å². The molecule has 1 amide bonds. The lowest BCUT2D eigenvalue weighted by Gasteiger charge is -2.10. The van der Waals surface area contributed by atoms with Crippen LogP contribution >= 0.6 is 11.8 Å². The van der Waals surface area contributed by atoms with Gasteiger partial charge >= 0.3 is 0 Å². The van der Waals surface area contributed by atoms with Crippen molar-refractivity contribution in [2.24, 2.45) is 0 Å². The monoisotopic (exact) mass is 409 g/mol. The van der Waals surface area contributed by atoms with Gasteiger partial charge in [0, 0.05) is 12.1 Å². The number of aromatic nitrogens is 2. The number of thioether (sulfide) groups is 1. The van der Waals surface area contributed by atoms with E-state index in [0.717, 1.165) is 21.8 Å². The fourth-order valence-electron chi connectivity index (χ4n) is 2.73. The lowest BCUT2D eigenvalue weighted by Crippen LogP contribution is -2.27. The highest BCUT2D eigenvalue weighted by atomic mass is 32.2. The summed E-state index contributed by atoms with van der Waals surface area (Å²) in [6.45, 7) is 0.549. The molecule has 2 aromatic carbocycles. The Morgan fingerprint density at radius 1 is 0.966 bits per heavy atom. The zero-order chi connectivity index (χ0) is 20.5. The Hall–Kier alpha value is -3.06. The first kappa shape index (κ1) is 20.7. The van der Waals surface area contributed by atoms with E-state index in [9.17, 15) is 4.79 Å². The molecule has 0 saturated heterocycles. The molecule has 0 unspecified atom stereocenters. The second kappa shape index (κ2) is 10.5. The molecule has 7 heteroatoms. The maximum atomic E-state index is 12.1. The van der Waals surface area contributed by atoms with E-state index in [-0.39, 0.29) is 5.91 Å².